The molecule has 2 rings (SSSR count). The van der Waals surface area contributed by atoms with Crippen LogP contribution in [0, 0.1) is 11.0 Å². The van der Waals surface area contributed by atoms with Gasteiger partial charge in [-0.15, -0.1) is 11.3 Å². The molecule has 0 saturated carbocycles. The zero-order chi connectivity index (χ0) is 16.9. The van der Waals surface area contributed by atoms with Gasteiger partial charge in [-0.1, -0.05) is 6.92 Å². The van der Waals surface area contributed by atoms with Gasteiger partial charge in [0, 0.05) is 17.9 Å². The third kappa shape index (κ3) is 2.45. The number of methoxy groups -OCH3 is 1. The van der Waals surface area contributed by atoms with Gasteiger partial charge in [0.05, 0.1) is 12.0 Å². The predicted molar refractivity (Wildman–Crippen MR) is 69.7 cm³/mol. The quantitative estimate of drug-likeness (QED) is 0.855. The zero-order valence-electron chi connectivity index (χ0n) is 11.9. The fraction of sp³-hybridized carbons (Fsp3) is 0.615. The van der Waals surface area contributed by atoms with Crippen molar-refractivity contribution in [3.8, 4) is 5.75 Å². The molecule has 1 aromatic heterocycles. The Morgan fingerprint density at radius 3 is 2.55 bits per heavy atom. The maximum Gasteiger partial charge on any atom is 0.417 e. The Morgan fingerprint density at radius 2 is 2.09 bits per heavy atom. The largest absolute Gasteiger partial charge is 0.495 e. The fourth-order valence-electron chi connectivity index (χ4n) is 2.69. The van der Waals surface area contributed by atoms with Crippen LogP contribution in [0.5, 0.6) is 5.75 Å². The van der Waals surface area contributed by atoms with E-state index in [9.17, 15) is 27.5 Å². The lowest BCUT2D eigenvalue weighted by Crippen LogP contribution is -2.47. The van der Waals surface area contributed by atoms with Crippen molar-refractivity contribution < 1.29 is 36.9 Å². The zero-order valence-corrected chi connectivity index (χ0v) is 12.7. The maximum atomic E-state index is 13.4. The molecule has 22 heavy (non-hydrogen) atoms. The summed E-state index contributed by atoms with van der Waals surface area (Å²) < 4.78 is 63.1. The number of hydrogen-bond donors (Lipinski definition) is 1. The van der Waals surface area contributed by atoms with Crippen molar-refractivity contribution in [1.29, 1.82) is 0 Å². The molecule has 9 heteroatoms. The summed E-state index contributed by atoms with van der Waals surface area (Å²) in [6.45, 7) is 2.06. The Bertz CT molecular complexity index is 585. The average Bonchev–Trinajstić information content (AvgIpc) is 2.88. The Hall–Kier alpha value is -1.35. The molecule has 0 amide bonds. The van der Waals surface area contributed by atoms with E-state index in [0.717, 1.165) is 13.0 Å². The van der Waals surface area contributed by atoms with Gasteiger partial charge < -0.3 is 14.6 Å². The smallest absolute Gasteiger partial charge is 0.417 e. The van der Waals surface area contributed by atoms with E-state index >= 15 is 0 Å². The highest BCUT2D eigenvalue weighted by Crippen LogP contribution is 2.55. The van der Waals surface area contributed by atoms with Crippen molar-refractivity contribution in [3.63, 3.8) is 0 Å². The van der Waals surface area contributed by atoms with E-state index in [-0.39, 0.29) is 10.6 Å². The topological polar surface area (TPSA) is 55.8 Å². The van der Waals surface area contributed by atoms with Crippen LogP contribution >= 0.6 is 11.3 Å². The number of halogens is 4. The Morgan fingerprint density at radius 1 is 1.50 bits per heavy atom. The lowest BCUT2D eigenvalue weighted by molar-refractivity contribution is -0.273. The number of aliphatic carboxylic acids is 1. The molecule has 0 aliphatic carbocycles. The van der Waals surface area contributed by atoms with E-state index in [1.807, 2.05) is 0 Å². The first-order valence-electron chi connectivity index (χ1n) is 6.33. The first-order valence-corrected chi connectivity index (χ1v) is 7.15. The van der Waals surface area contributed by atoms with E-state index in [2.05, 4.69) is 0 Å². The molecular formula is C13H14F4O4S. The van der Waals surface area contributed by atoms with Crippen LogP contribution in [0.2, 0.25) is 0 Å². The van der Waals surface area contributed by atoms with Crippen molar-refractivity contribution in [3.05, 3.63) is 16.1 Å². The predicted octanol–water partition coefficient (Wildman–Crippen LogP) is 3.42. The van der Waals surface area contributed by atoms with Gasteiger partial charge in [0.15, 0.2) is 16.8 Å². The van der Waals surface area contributed by atoms with Gasteiger partial charge in [-0.3, -0.25) is 0 Å². The molecule has 1 aliphatic heterocycles. The molecular weight excluding hydrogens is 328 g/mol. The van der Waals surface area contributed by atoms with Gasteiger partial charge in [0.25, 0.3) is 0 Å². The molecule has 4 unspecified atom stereocenters. The molecule has 4 atom stereocenters. The van der Waals surface area contributed by atoms with Crippen LogP contribution in [0.4, 0.5) is 17.6 Å². The number of carboxylic acids is 1. The number of alkyl halides is 3. The number of rotatable bonds is 3. The summed E-state index contributed by atoms with van der Waals surface area (Å²) in [7, 11) is 1.24. The van der Waals surface area contributed by atoms with E-state index < -0.39 is 40.8 Å². The molecule has 2 heterocycles. The number of carboxylic acid groups (broad SMARTS) is 1. The van der Waals surface area contributed by atoms with Gasteiger partial charge >= 0.3 is 12.1 Å². The molecule has 1 fully saturated rings. The number of carbonyl (C=O) groups is 1. The monoisotopic (exact) mass is 342 g/mol. The second-order valence-corrected chi connectivity index (χ2v) is 6.31. The summed E-state index contributed by atoms with van der Waals surface area (Å²) in [4.78, 5) is 11.4. The van der Waals surface area contributed by atoms with E-state index in [4.69, 9.17) is 9.47 Å². The van der Waals surface area contributed by atoms with Crippen molar-refractivity contribution in [2.45, 2.75) is 37.6 Å². The second-order valence-electron chi connectivity index (χ2n) is 5.28. The van der Waals surface area contributed by atoms with Crippen molar-refractivity contribution >= 4 is 17.3 Å². The Balaban J connectivity index is 2.54. The third-order valence-electron chi connectivity index (χ3n) is 4.13. The van der Waals surface area contributed by atoms with Crippen molar-refractivity contribution in [2.75, 3.05) is 7.11 Å². The lowest BCUT2D eigenvalue weighted by atomic mass is 9.80. The molecule has 1 aromatic rings. The van der Waals surface area contributed by atoms with Crippen LogP contribution in [0.1, 0.15) is 24.6 Å². The molecule has 1 aliphatic rings. The molecule has 1 saturated heterocycles. The van der Waals surface area contributed by atoms with Gasteiger partial charge in [-0.05, 0) is 6.92 Å². The summed E-state index contributed by atoms with van der Waals surface area (Å²) in [6, 6.07) is 1.02. The van der Waals surface area contributed by atoms with Crippen LogP contribution in [0.3, 0.4) is 0 Å². The Kier molecular flexibility index (Phi) is 4.16. The van der Waals surface area contributed by atoms with Crippen molar-refractivity contribution in [1.82, 2.24) is 0 Å². The van der Waals surface area contributed by atoms with Crippen molar-refractivity contribution in [2.24, 2.45) is 5.92 Å². The normalized spacial score (nSPS) is 32.2. The second kappa shape index (κ2) is 5.38. The number of thiophene rings is 1. The third-order valence-corrected chi connectivity index (χ3v) is 5.14. The summed E-state index contributed by atoms with van der Waals surface area (Å²) in [5, 5.41) is 8.55. The molecule has 0 radical (unpaired) electrons. The van der Waals surface area contributed by atoms with E-state index in [1.54, 1.807) is 0 Å². The van der Waals surface area contributed by atoms with E-state index in [0.29, 0.717) is 11.3 Å². The SMILES string of the molecule is COc1cc(F)sc1C1C(C(=O)O)OC(C)(C(F)(F)F)C1C. The molecule has 0 spiro atoms. The van der Waals surface area contributed by atoms with Crippen LogP contribution in [0.25, 0.3) is 0 Å². The minimum absolute atomic E-state index is 0.0284. The minimum atomic E-state index is -4.75. The van der Waals surface area contributed by atoms with Crippen LogP contribution < -0.4 is 4.74 Å². The highest BCUT2D eigenvalue weighted by Gasteiger charge is 2.66. The molecule has 1 N–H and O–H groups in total. The van der Waals surface area contributed by atoms with Gasteiger partial charge in [-0.2, -0.15) is 17.6 Å². The molecule has 0 bridgehead atoms. The molecule has 0 aromatic carbocycles. The maximum absolute atomic E-state index is 13.4. The Labute approximate surface area is 127 Å². The van der Waals surface area contributed by atoms with Gasteiger partial charge in [0.2, 0.25) is 0 Å². The number of hydrogen-bond acceptors (Lipinski definition) is 4. The van der Waals surface area contributed by atoms with Gasteiger partial charge in [-0.25, -0.2) is 4.79 Å². The lowest BCUT2D eigenvalue weighted by Gasteiger charge is -2.31. The average molecular weight is 342 g/mol. The van der Waals surface area contributed by atoms with E-state index in [1.165, 1.54) is 14.0 Å². The van der Waals surface area contributed by atoms with Gasteiger partial charge in [0.1, 0.15) is 5.75 Å². The standard InChI is InChI=1S/C13H14F4O4S/c1-5-8(10-6(20-3)4-7(14)22-10)9(11(18)19)21-12(5,2)13(15,16)17/h4-5,8-9H,1-3H3,(H,18,19). The first kappa shape index (κ1) is 17.0. The van der Waals surface area contributed by atoms with Crippen LogP contribution in [-0.4, -0.2) is 36.1 Å². The molecule has 124 valence electrons. The fourth-order valence-corrected chi connectivity index (χ4v) is 3.78. The summed E-state index contributed by atoms with van der Waals surface area (Å²) in [5.74, 6) is -3.88. The highest BCUT2D eigenvalue weighted by atomic mass is 32.1. The minimum Gasteiger partial charge on any atom is -0.495 e. The number of ether oxygens (including phenoxy) is 2. The summed E-state index contributed by atoms with van der Waals surface area (Å²) >= 11 is 0.570. The summed E-state index contributed by atoms with van der Waals surface area (Å²) in [6.07, 6.45) is -6.48. The first-order chi connectivity index (χ1) is 10.0. The summed E-state index contributed by atoms with van der Waals surface area (Å²) in [5.41, 5.74) is -2.63. The molecule has 4 nitrogen and oxygen atoms in total. The highest BCUT2D eigenvalue weighted by molar-refractivity contribution is 7.10. The van der Waals surface area contributed by atoms with Crippen LogP contribution in [0.15, 0.2) is 6.07 Å². The van der Waals surface area contributed by atoms with Crippen LogP contribution in [-0.2, 0) is 9.53 Å².